The van der Waals surface area contributed by atoms with Gasteiger partial charge in [-0.3, -0.25) is 9.78 Å². The standard InChI is InChI=1S/C24H31N3O4SSi/c1-24(2,3)33(4,5)31-15-19-8-9-21(32-19)20(14-26-23(29)30)22(28)27-18-7-6-17-13-25-11-10-16(17)12-18/h6-13,20,26H,14-15H2,1-5H3,(H,27,28)(H,29,30). The largest absolute Gasteiger partial charge is 0.465 e. The van der Waals surface area contributed by atoms with E-state index < -0.39 is 20.3 Å². The molecule has 3 rings (SSSR count). The summed E-state index contributed by atoms with van der Waals surface area (Å²) < 4.78 is 6.30. The number of nitrogens with one attached hydrogen (secondary N) is 2. The molecule has 0 aliphatic heterocycles. The van der Waals surface area contributed by atoms with E-state index in [-0.39, 0.29) is 17.5 Å². The Hall–Kier alpha value is -2.75. The fourth-order valence-corrected chi connectivity index (χ4v) is 5.11. The molecule has 1 atom stereocenters. The molecule has 0 saturated carbocycles. The summed E-state index contributed by atoms with van der Waals surface area (Å²) in [5.41, 5.74) is 0.650. The van der Waals surface area contributed by atoms with Gasteiger partial charge < -0.3 is 20.2 Å². The summed E-state index contributed by atoms with van der Waals surface area (Å²) in [5, 5.41) is 16.4. The van der Waals surface area contributed by atoms with Gasteiger partial charge in [0, 0.05) is 39.8 Å². The van der Waals surface area contributed by atoms with Gasteiger partial charge in [0.25, 0.3) is 0 Å². The van der Waals surface area contributed by atoms with Crippen LogP contribution in [0.25, 0.3) is 10.8 Å². The molecule has 176 valence electrons. The minimum absolute atomic E-state index is 0.0122. The number of benzene rings is 1. The third-order valence-corrected chi connectivity index (χ3v) is 11.7. The van der Waals surface area contributed by atoms with Crippen LogP contribution >= 0.6 is 11.3 Å². The summed E-state index contributed by atoms with van der Waals surface area (Å²) >= 11 is 1.48. The first-order valence-corrected chi connectivity index (χ1v) is 14.5. The third-order valence-electron chi connectivity index (χ3n) is 6.09. The van der Waals surface area contributed by atoms with Crippen molar-refractivity contribution in [2.24, 2.45) is 0 Å². The van der Waals surface area contributed by atoms with Crippen LogP contribution in [0.3, 0.4) is 0 Å². The fourth-order valence-electron chi connectivity index (χ4n) is 3.03. The lowest BCUT2D eigenvalue weighted by atomic mass is 10.1. The van der Waals surface area contributed by atoms with Gasteiger partial charge in [0.15, 0.2) is 8.32 Å². The second-order valence-electron chi connectivity index (χ2n) is 9.52. The number of nitrogens with zero attached hydrogens (tertiary/aromatic N) is 1. The van der Waals surface area contributed by atoms with Crippen LogP contribution in [0.2, 0.25) is 18.1 Å². The van der Waals surface area contributed by atoms with Gasteiger partial charge >= 0.3 is 6.09 Å². The predicted molar refractivity (Wildman–Crippen MR) is 135 cm³/mol. The van der Waals surface area contributed by atoms with Gasteiger partial charge in [-0.25, -0.2) is 4.79 Å². The number of carbonyl (C=O) groups is 2. The van der Waals surface area contributed by atoms with Crippen molar-refractivity contribution in [1.82, 2.24) is 10.3 Å². The number of aromatic nitrogens is 1. The summed E-state index contributed by atoms with van der Waals surface area (Å²) in [6.45, 7) is 11.5. The summed E-state index contributed by atoms with van der Waals surface area (Å²) in [7, 11) is -1.90. The number of hydrogen-bond donors (Lipinski definition) is 3. The Bertz CT molecular complexity index is 1140. The molecule has 2 heterocycles. The summed E-state index contributed by atoms with van der Waals surface area (Å²) in [6, 6.07) is 11.3. The van der Waals surface area contributed by atoms with E-state index in [2.05, 4.69) is 49.5 Å². The first-order chi connectivity index (χ1) is 15.5. The molecule has 0 radical (unpaired) electrons. The maximum atomic E-state index is 13.1. The van der Waals surface area contributed by atoms with Gasteiger partial charge in [0.2, 0.25) is 5.91 Å². The van der Waals surface area contributed by atoms with Crippen LogP contribution in [0, 0.1) is 0 Å². The predicted octanol–water partition coefficient (Wildman–Crippen LogP) is 5.81. The Balaban J connectivity index is 1.76. The molecule has 3 N–H and O–H groups in total. The van der Waals surface area contributed by atoms with E-state index in [4.69, 9.17) is 9.53 Å². The summed E-state index contributed by atoms with van der Waals surface area (Å²) in [4.78, 5) is 30.2. The number of fused-ring (bicyclic) bond motifs is 1. The van der Waals surface area contributed by atoms with E-state index in [9.17, 15) is 9.59 Å². The number of pyridine rings is 1. The highest BCUT2D eigenvalue weighted by atomic mass is 32.1. The van der Waals surface area contributed by atoms with Crippen LogP contribution < -0.4 is 10.6 Å². The van der Waals surface area contributed by atoms with Crippen molar-refractivity contribution in [3.63, 3.8) is 0 Å². The monoisotopic (exact) mass is 485 g/mol. The normalized spacial score (nSPS) is 13.0. The van der Waals surface area contributed by atoms with Crippen molar-refractivity contribution < 1.29 is 19.1 Å². The van der Waals surface area contributed by atoms with Gasteiger partial charge in [-0.1, -0.05) is 26.8 Å². The number of carboxylic acid groups (broad SMARTS) is 1. The number of thiophene rings is 1. The zero-order valence-electron chi connectivity index (χ0n) is 19.6. The van der Waals surface area contributed by atoms with E-state index in [0.29, 0.717) is 12.3 Å². The minimum Gasteiger partial charge on any atom is -0.465 e. The van der Waals surface area contributed by atoms with Crippen molar-refractivity contribution in [3.05, 3.63) is 58.5 Å². The first-order valence-electron chi connectivity index (χ1n) is 10.8. The number of rotatable bonds is 8. The highest BCUT2D eigenvalue weighted by Gasteiger charge is 2.37. The maximum absolute atomic E-state index is 13.1. The van der Waals surface area contributed by atoms with Crippen molar-refractivity contribution in [2.75, 3.05) is 11.9 Å². The van der Waals surface area contributed by atoms with E-state index in [1.54, 1.807) is 12.4 Å². The molecule has 0 bridgehead atoms. The SMILES string of the molecule is CC(C)(C)[Si](C)(C)OCc1ccc(C(CNC(=O)O)C(=O)Nc2ccc3cnccc3c2)s1. The lowest BCUT2D eigenvalue weighted by Gasteiger charge is -2.36. The molecule has 7 nitrogen and oxygen atoms in total. The van der Waals surface area contributed by atoms with Crippen molar-refractivity contribution >= 4 is 48.1 Å². The van der Waals surface area contributed by atoms with Gasteiger partial charge in [0.05, 0.1) is 12.5 Å². The van der Waals surface area contributed by atoms with Crippen LogP contribution in [0.1, 0.15) is 36.4 Å². The highest BCUT2D eigenvalue weighted by molar-refractivity contribution is 7.12. The average molecular weight is 486 g/mol. The zero-order chi connectivity index (χ0) is 24.2. The lowest BCUT2D eigenvalue weighted by molar-refractivity contribution is -0.117. The summed E-state index contributed by atoms with van der Waals surface area (Å²) in [6.07, 6.45) is 2.30. The van der Waals surface area contributed by atoms with E-state index >= 15 is 0 Å². The maximum Gasteiger partial charge on any atom is 0.404 e. The number of carbonyl (C=O) groups excluding carboxylic acids is 1. The molecule has 2 amide bonds. The molecule has 33 heavy (non-hydrogen) atoms. The summed E-state index contributed by atoms with van der Waals surface area (Å²) in [5.74, 6) is -0.920. The van der Waals surface area contributed by atoms with E-state index in [1.165, 1.54) is 11.3 Å². The third kappa shape index (κ3) is 6.40. The number of hydrogen-bond acceptors (Lipinski definition) is 5. The van der Waals surface area contributed by atoms with Crippen LogP contribution in [0.15, 0.2) is 48.8 Å². The van der Waals surface area contributed by atoms with E-state index in [1.807, 2.05) is 36.4 Å². The molecular formula is C24H31N3O4SSi. The van der Waals surface area contributed by atoms with Crippen LogP contribution in [-0.2, 0) is 15.8 Å². The van der Waals surface area contributed by atoms with Gasteiger partial charge in [-0.15, -0.1) is 11.3 Å². The zero-order valence-corrected chi connectivity index (χ0v) is 21.5. The molecule has 1 aromatic carbocycles. The van der Waals surface area contributed by atoms with E-state index in [0.717, 1.165) is 20.5 Å². The second kappa shape index (κ2) is 10.0. The smallest absolute Gasteiger partial charge is 0.404 e. The molecule has 0 aliphatic carbocycles. The molecule has 9 heteroatoms. The number of amides is 2. The van der Waals surface area contributed by atoms with Crippen molar-refractivity contribution in [3.8, 4) is 0 Å². The Kier molecular flexibility index (Phi) is 7.56. The van der Waals surface area contributed by atoms with Gasteiger partial charge in [0.1, 0.15) is 0 Å². The average Bonchev–Trinajstić information content (AvgIpc) is 3.20. The lowest BCUT2D eigenvalue weighted by Crippen LogP contribution is -2.40. The molecule has 0 spiro atoms. The molecule has 0 fully saturated rings. The van der Waals surface area contributed by atoms with Crippen molar-refractivity contribution in [1.29, 1.82) is 0 Å². The Morgan fingerprint density at radius 1 is 1.15 bits per heavy atom. The van der Waals surface area contributed by atoms with Crippen molar-refractivity contribution in [2.45, 2.75) is 51.4 Å². The Morgan fingerprint density at radius 2 is 1.91 bits per heavy atom. The van der Waals surface area contributed by atoms with Crippen LogP contribution in [0.4, 0.5) is 10.5 Å². The fraction of sp³-hybridized carbons (Fsp3) is 0.375. The molecule has 0 aliphatic rings. The van der Waals surface area contributed by atoms with Gasteiger partial charge in [-0.05, 0) is 53.9 Å². The Morgan fingerprint density at radius 3 is 2.61 bits per heavy atom. The molecule has 2 aromatic heterocycles. The molecule has 0 saturated heterocycles. The molecular weight excluding hydrogens is 454 g/mol. The topological polar surface area (TPSA) is 101 Å². The number of anilines is 1. The molecule has 1 unspecified atom stereocenters. The molecule has 3 aromatic rings. The Labute approximate surface area is 199 Å². The first kappa shape index (κ1) is 24.9. The van der Waals surface area contributed by atoms with Crippen LogP contribution in [-0.4, -0.2) is 37.0 Å². The second-order valence-corrected chi connectivity index (χ2v) is 15.5. The highest BCUT2D eigenvalue weighted by Crippen LogP contribution is 2.37. The van der Waals surface area contributed by atoms with Gasteiger partial charge in [-0.2, -0.15) is 0 Å². The van der Waals surface area contributed by atoms with Crippen LogP contribution in [0.5, 0.6) is 0 Å². The quantitative estimate of drug-likeness (QED) is 0.350. The minimum atomic E-state index is -1.90.